The van der Waals surface area contributed by atoms with Gasteiger partial charge >= 0.3 is 19.8 Å². The number of hydrogen-bond acceptors (Lipinski definition) is 9. The van der Waals surface area contributed by atoms with E-state index in [1.54, 1.807) is 0 Å². The molecule has 0 saturated carbocycles. The van der Waals surface area contributed by atoms with Gasteiger partial charge in [0.2, 0.25) is 0 Å². The number of carbonyl (C=O) groups excluding carboxylic acids is 2. The van der Waals surface area contributed by atoms with Crippen LogP contribution in [0.3, 0.4) is 0 Å². The molecule has 47 heavy (non-hydrogen) atoms. The van der Waals surface area contributed by atoms with Gasteiger partial charge in [-0.05, 0) is 57.8 Å². The van der Waals surface area contributed by atoms with Gasteiger partial charge in [0.25, 0.3) is 0 Å². The van der Waals surface area contributed by atoms with E-state index in [4.69, 9.17) is 19.1 Å². The Morgan fingerprint density at radius 1 is 0.638 bits per heavy atom. The Labute approximate surface area is 284 Å². The molecular weight excluding hydrogens is 623 g/mol. The number of allylic oxidation sites excluding steroid dienone is 6. The van der Waals surface area contributed by atoms with Crippen LogP contribution in [-0.4, -0.2) is 65.7 Å². The number of phosphoric ester groups is 1. The zero-order chi connectivity index (χ0) is 34.9. The Kier molecular flexibility index (Phi) is 31.5. The topological polar surface area (TPSA) is 149 Å². The van der Waals surface area contributed by atoms with E-state index in [1.807, 2.05) is 0 Å². The highest BCUT2D eigenvalue weighted by Crippen LogP contribution is 2.43. The maximum absolute atomic E-state index is 12.5. The molecule has 0 aliphatic rings. The van der Waals surface area contributed by atoms with E-state index in [-0.39, 0.29) is 19.4 Å². The van der Waals surface area contributed by atoms with Crippen LogP contribution in [0.1, 0.15) is 142 Å². The van der Waals surface area contributed by atoms with Crippen molar-refractivity contribution < 1.29 is 47.8 Å². The first kappa shape index (κ1) is 45.2. The van der Waals surface area contributed by atoms with Crippen LogP contribution in [0.25, 0.3) is 0 Å². The maximum atomic E-state index is 12.5. The van der Waals surface area contributed by atoms with Crippen molar-refractivity contribution in [1.82, 2.24) is 0 Å². The fraction of sp³-hybridized carbons (Fsp3) is 0.778. The first-order valence-electron chi connectivity index (χ1n) is 17.9. The van der Waals surface area contributed by atoms with E-state index < -0.39 is 51.8 Å². The molecule has 0 aromatic heterocycles. The molecule has 0 fully saturated rings. The van der Waals surface area contributed by atoms with E-state index in [1.165, 1.54) is 19.3 Å². The van der Waals surface area contributed by atoms with Crippen LogP contribution in [0.4, 0.5) is 0 Å². The van der Waals surface area contributed by atoms with Crippen molar-refractivity contribution in [2.45, 2.75) is 154 Å². The van der Waals surface area contributed by atoms with Crippen molar-refractivity contribution in [3.05, 3.63) is 36.5 Å². The van der Waals surface area contributed by atoms with Gasteiger partial charge in [-0.3, -0.25) is 18.6 Å². The fourth-order valence-electron chi connectivity index (χ4n) is 4.42. The molecule has 3 atom stereocenters. The summed E-state index contributed by atoms with van der Waals surface area (Å²) >= 11 is 0. The summed E-state index contributed by atoms with van der Waals surface area (Å²) in [5.74, 6) is -0.958. The van der Waals surface area contributed by atoms with E-state index in [2.05, 4.69) is 54.8 Å². The molecule has 274 valence electrons. The highest BCUT2D eigenvalue weighted by molar-refractivity contribution is 7.47. The van der Waals surface area contributed by atoms with Crippen molar-refractivity contribution in [2.24, 2.45) is 0 Å². The minimum atomic E-state index is -4.61. The number of ether oxygens (including phenoxy) is 2. The minimum Gasteiger partial charge on any atom is -0.462 e. The summed E-state index contributed by atoms with van der Waals surface area (Å²) in [6.07, 6.45) is 29.8. The second-order valence-electron chi connectivity index (χ2n) is 11.9. The first-order valence-corrected chi connectivity index (χ1v) is 19.4. The molecule has 0 aliphatic carbocycles. The summed E-state index contributed by atoms with van der Waals surface area (Å²) in [5, 5.41) is 18.2. The number of esters is 2. The first-order chi connectivity index (χ1) is 22.7. The number of phosphoric acid groups is 1. The average Bonchev–Trinajstić information content (AvgIpc) is 3.05. The smallest absolute Gasteiger partial charge is 0.462 e. The summed E-state index contributed by atoms with van der Waals surface area (Å²) < 4.78 is 32.5. The quantitative estimate of drug-likeness (QED) is 0.0265. The molecule has 11 heteroatoms. The van der Waals surface area contributed by atoms with E-state index in [0.29, 0.717) is 12.8 Å². The molecule has 0 aliphatic heterocycles. The van der Waals surface area contributed by atoms with Crippen molar-refractivity contribution >= 4 is 19.8 Å². The fourth-order valence-corrected chi connectivity index (χ4v) is 5.21. The van der Waals surface area contributed by atoms with Crippen molar-refractivity contribution in [3.63, 3.8) is 0 Å². The number of carbonyl (C=O) groups is 2. The van der Waals surface area contributed by atoms with Crippen LogP contribution in [0, 0.1) is 0 Å². The highest BCUT2D eigenvalue weighted by atomic mass is 31.2. The van der Waals surface area contributed by atoms with Gasteiger partial charge in [-0.2, -0.15) is 0 Å². The molecule has 3 unspecified atom stereocenters. The summed E-state index contributed by atoms with van der Waals surface area (Å²) in [4.78, 5) is 34.7. The van der Waals surface area contributed by atoms with Gasteiger partial charge in [0, 0.05) is 12.8 Å². The Bertz CT molecular complexity index is 889. The highest BCUT2D eigenvalue weighted by Gasteiger charge is 2.27. The van der Waals surface area contributed by atoms with Crippen LogP contribution in [0.15, 0.2) is 36.5 Å². The maximum Gasteiger partial charge on any atom is 0.472 e. The third-order valence-electron chi connectivity index (χ3n) is 7.25. The SMILES string of the molecule is CCC/C=C\C/C=C\CCCCCCCC(=O)OC(COC(=O)CCCCCCC/C=C\CCCC)COP(=O)(O)OCC(O)CO. The predicted molar refractivity (Wildman–Crippen MR) is 187 cm³/mol. The zero-order valence-corrected chi connectivity index (χ0v) is 30.1. The molecule has 0 aromatic carbocycles. The van der Waals surface area contributed by atoms with Gasteiger partial charge in [-0.25, -0.2) is 4.57 Å². The van der Waals surface area contributed by atoms with Crippen molar-refractivity contribution in [2.75, 3.05) is 26.4 Å². The van der Waals surface area contributed by atoms with Crippen LogP contribution in [0.2, 0.25) is 0 Å². The lowest BCUT2D eigenvalue weighted by Crippen LogP contribution is -2.29. The lowest BCUT2D eigenvalue weighted by Gasteiger charge is -2.20. The molecular formula is C36H65O10P. The van der Waals surface area contributed by atoms with Gasteiger partial charge in [0.1, 0.15) is 12.7 Å². The van der Waals surface area contributed by atoms with Crippen LogP contribution >= 0.6 is 7.82 Å². The molecule has 0 aromatic rings. The van der Waals surface area contributed by atoms with Crippen LogP contribution in [0.5, 0.6) is 0 Å². The number of rotatable bonds is 33. The third-order valence-corrected chi connectivity index (χ3v) is 8.20. The van der Waals surface area contributed by atoms with Gasteiger partial charge in [0.15, 0.2) is 6.10 Å². The molecule has 0 saturated heterocycles. The summed E-state index contributed by atoms with van der Waals surface area (Å²) in [6, 6.07) is 0. The predicted octanol–water partition coefficient (Wildman–Crippen LogP) is 8.44. The lowest BCUT2D eigenvalue weighted by atomic mass is 10.1. The largest absolute Gasteiger partial charge is 0.472 e. The standard InChI is InChI=1S/C36H65O10P/c1-3-5-7-9-11-13-15-16-18-20-22-24-26-28-36(40)46-34(32-45-47(41,42)44-30-33(38)29-37)31-43-35(39)27-25-23-21-19-17-14-12-10-8-6-4-2/h7,9-10,12-13,15,33-34,37-38H,3-6,8,11,14,16-32H2,1-2H3,(H,41,42)/b9-7-,12-10-,15-13-. The summed E-state index contributed by atoms with van der Waals surface area (Å²) in [5.41, 5.74) is 0. The summed E-state index contributed by atoms with van der Waals surface area (Å²) in [6.45, 7) is 2.21. The number of unbranched alkanes of at least 4 members (excludes halogenated alkanes) is 13. The Morgan fingerprint density at radius 2 is 1.15 bits per heavy atom. The second-order valence-corrected chi connectivity index (χ2v) is 13.3. The third kappa shape index (κ3) is 32.5. The molecule has 0 bridgehead atoms. The summed E-state index contributed by atoms with van der Waals surface area (Å²) in [7, 11) is -4.61. The molecule has 0 spiro atoms. The second kappa shape index (κ2) is 32.7. The molecule has 0 heterocycles. The monoisotopic (exact) mass is 688 g/mol. The molecule has 3 N–H and O–H groups in total. The average molecular weight is 689 g/mol. The molecule has 0 radical (unpaired) electrons. The lowest BCUT2D eigenvalue weighted by molar-refractivity contribution is -0.161. The van der Waals surface area contributed by atoms with Crippen molar-refractivity contribution in [1.29, 1.82) is 0 Å². The Balaban J connectivity index is 4.45. The van der Waals surface area contributed by atoms with E-state index in [9.17, 15) is 24.2 Å². The Hall–Kier alpha value is -1.81. The van der Waals surface area contributed by atoms with Crippen molar-refractivity contribution in [3.8, 4) is 0 Å². The van der Waals surface area contributed by atoms with Gasteiger partial charge in [0.05, 0.1) is 19.8 Å². The molecule has 0 rings (SSSR count). The minimum absolute atomic E-state index is 0.166. The number of aliphatic hydroxyl groups excluding tert-OH is 2. The van der Waals surface area contributed by atoms with Crippen LogP contribution in [-0.2, 0) is 32.7 Å². The van der Waals surface area contributed by atoms with Gasteiger partial charge < -0.3 is 24.6 Å². The van der Waals surface area contributed by atoms with E-state index >= 15 is 0 Å². The normalized spacial score (nSPS) is 14.6. The Morgan fingerprint density at radius 3 is 1.74 bits per heavy atom. The molecule has 10 nitrogen and oxygen atoms in total. The van der Waals surface area contributed by atoms with E-state index in [0.717, 1.165) is 83.5 Å². The number of aliphatic hydroxyl groups is 2. The van der Waals surface area contributed by atoms with Gasteiger partial charge in [-0.1, -0.05) is 108 Å². The molecule has 0 amide bonds. The van der Waals surface area contributed by atoms with Crippen LogP contribution < -0.4 is 0 Å². The number of hydrogen-bond donors (Lipinski definition) is 3. The van der Waals surface area contributed by atoms with Gasteiger partial charge in [-0.15, -0.1) is 0 Å². The zero-order valence-electron chi connectivity index (χ0n) is 29.2.